The van der Waals surface area contributed by atoms with Crippen molar-refractivity contribution in [3.8, 4) is 17.1 Å². The molecule has 3 aromatic rings. The van der Waals surface area contributed by atoms with Gasteiger partial charge in [-0.1, -0.05) is 6.07 Å². The maximum Gasteiger partial charge on any atom is 0.248 e. The highest BCUT2D eigenvalue weighted by Gasteiger charge is 2.09. The molecule has 0 saturated carbocycles. The molecule has 104 valence electrons. The fraction of sp³-hybridized carbons (Fsp3) is 0.0667. The maximum atomic E-state index is 11.3. The van der Waals surface area contributed by atoms with Crippen LogP contribution >= 0.6 is 0 Å². The lowest BCUT2D eigenvalue weighted by Gasteiger charge is -2.07. The van der Waals surface area contributed by atoms with Gasteiger partial charge in [-0.25, -0.2) is 4.68 Å². The SMILES string of the molecule is Cc1ccc(C(N)=O)cc1-n1ccc(-c2cnccn2)n1. The zero-order valence-corrected chi connectivity index (χ0v) is 11.4. The fourth-order valence-corrected chi connectivity index (χ4v) is 2.04. The third-order valence-corrected chi connectivity index (χ3v) is 3.16. The average molecular weight is 279 g/mol. The Labute approximate surface area is 121 Å². The molecule has 3 rings (SSSR count). The molecule has 21 heavy (non-hydrogen) atoms. The van der Waals surface area contributed by atoms with E-state index in [1.54, 1.807) is 35.4 Å². The normalized spacial score (nSPS) is 10.5. The average Bonchev–Trinajstić information content (AvgIpc) is 2.98. The highest BCUT2D eigenvalue weighted by Crippen LogP contribution is 2.19. The zero-order valence-electron chi connectivity index (χ0n) is 11.4. The Morgan fingerprint density at radius 1 is 1.19 bits per heavy atom. The molecule has 2 heterocycles. The molecular weight excluding hydrogens is 266 g/mol. The summed E-state index contributed by atoms with van der Waals surface area (Å²) in [6.07, 6.45) is 6.70. The number of hydrogen-bond acceptors (Lipinski definition) is 4. The van der Waals surface area contributed by atoms with Crippen molar-refractivity contribution in [1.82, 2.24) is 19.7 Å². The quantitative estimate of drug-likeness (QED) is 0.791. The second-order valence-corrected chi connectivity index (χ2v) is 4.60. The molecule has 6 heteroatoms. The Bertz CT molecular complexity index is 795. The number of nitrogens with zero attached hydrogens (tertiary/aromatic N) is 4. The molecule has 0 aliphatic heterocycles. The van der Waals surface area contributed by atoms with Crippen molar-refractivity contribution in [1.29, 1.82) is 0 Å². The first-order valence-electron chi connectivity index (χ1n) is 6.38. The second kappa shape index (κ2) is 5.16. The minimum atomic E-state index is -0.461. The van der Waals surface area contributed by atoms with Crippen molar-refractivity contribution in [2.75, 3.05) is 0 Å². The van der Waals surface area contributed by atoms with Gasteiger partial charge in [0.1, 0.15) is 11.4 Å². The monoisotopic (exact) mass is 279 g/mol. The Hall–Kier alpha value is -3.02. The number of amides is 1. The number of carbonyl (C=O) groups is 1. The third kappa shape index (κ3) is 2.51. The summed E-state index contributed by atoms with van der Waals surface area (Å²) < 4.78 is 1.70. The Morgan fingerprint density at radius 2 is 2.05 bits per heavy atom. The van der Waals surface area contributed by atoms with Crippen molar-refractivity contribution in [3.63, 3.8) is 0 Å². The molecule has 6 nitrogen and oxygen atoms in total. The first-order valence-corrected chi connectivity index (χ1v) is 6.38. The van der Waals surface area contributed by atoms with Crippen LogP contribution in [0.2, 0.25) is 0 Å². The van der Waals surface area contributed by atoms with Crippen molar-refractivity contribution >= 4 is 5.91 Å². The van der Waals surface area contributed by atoms with Gasteiger partial charge < -0.3 is 5.73 Å². The van der Waals surface area contributed by atoms with Gasteiger partial charge in [-0.05, 0) is 30.7 Å². The summed E-state index contributed by atoms with van der Waals surface area (Å²) in [6, 6.07) is 7.12. The van der Waals surface area contributed by atoms with Gasteiger partial charge in [0.15, 0.2) is 0 Å². The van der Waals surface area contributed by atoms with Crippen molar-refractivity contribution < 1.29 is 4.79 Å². The zero-order chi connectivity index (χ0) is 14.8. The summed E-state index contributed by atoms with van der Waals surface area (Å²) in [5.74, 6) is -0.461. The first-order chi connectivity index (χ1) is 10.1. The molecule has 0 saturated heterocycles. The topological polar surface area (TPSA) is 86.7 Å². The highest BCUT2D eigenvalue weighted by molar-refractivity contribution is 5.93. The minimum Gasteiger partial charge on any atom is -0.366 e. The van der Waals surface area contributed by atoms with E-state index in [0.29, 0.717) is 17.0 Å². The first kappa shape index (κ1) is 13.0. The van der Waals surface area contributed by atoms with Crippen LogP contribution in [-0.2, 0) is 0 Å². The van der Waals surface area contributed by atoms with Crippen LogP contribution in [0.3, 0.4) is 0 Å². The van der Waals surface area contributed by atoms with E-state index < -0.39 is 5.91 Å². The van der Waals surface area contributed by atoms with Crippen LogP contribution in [0.4, 0.5) is 0 Å². The molecule has 0 fully saturated rings. The summed E-state index contributed by atoms with van der Waals surface area (Å²) in [5.41, 5.74) is 8.98. The van der Waals surface area contributed by atoms with E-state index in [4.69, 9.17) is 5.73 Å². The van der Waals surface area contributed by atoms with Crippen LogP contribution in [-0.4, -0.2) is 25.7 Å². The second-order valence-electron chi connectivity index (χ2n) is 4.60. The Balaban J connectivity index is 2.04. The fourth-order valence-electron chi connectivity index (χ4n) is 2.04. The van der Waals surface area contributed by atoms with E-state index >= 15 is 0 Å². The molecular formula is C15H13N5O. The van der Waals surface area contributed by atoms with Gasteiger partial charge in [0, 0.05) is 24.2 Å². The van der Waals surface area contributed by atoms with E-state index in [-0.39, 0.29) is 0 Å². The molecule has 0 radical (unpaired) electrons. The number of benzene rings is 1. The lowest BCUT2D eigenvalue weighted by Crippen LogP contribution is -2.12. The number of aryl methyl sites for hydroxylation is 1. The molecule has 0 aliphatic carbocycles. The number of carbonyl (C=O) groups excluding carboxylic acids is 1. The van der Waals surface area contributed by atoms with Gasteiger partial charge in [-0.2, -0.15) is 5.10 Å². The molecule has 0 unspecified atom stereocenters. The van der Waals surface area contributed by atoms with Gasteiger partial charge in [-0.15, -0.1) is 0 Å². The number of hydrogen-bond donors (Lipinski definition) is 1. The van der Waals surface area contributed by atoms with Crippen LogP contribution < -0.4 is 5.73 Å². The van der Waals surface area contributed by atoms with E-state index in [0.717, 1.165) is 11.3 Å². The number of aromatic nitrogens is 4. The standard InChI is InChI=1S/C15H13N5O/c1-10-2-3-11(15(16)21)8-14(10)20-7-4-12(19-20)13-9-17-5-6-18-13/h2-9H,1H3,(H2,16,21). The van der Waals surface area contributed by atoms with Crippen LogP contribution in [0.15, 0.2) is 49.1 Å². The van der Waals surface area contributed by atoms with Crippen LogP contribution in [0.25, 0.3) is 17.1 Å². The molecule has 1 amide bonds. The maximum absolute atomic E-state index is 11.3. The smallest absolute Gasteiger partial charge is 0.248 e. The van der Waals surface area contributed by atoms with Gasteiger partial charge in [0.25, 0.3) is 0 Å². The summed E-state index contributed by atoms with van der Waals surface area (Å²) >= 11 is 0. The van der Waals surface area contributed by atoms with Crippen LogP contribution in [0.5, 0.6) is 0 Å². The van der Waals surface area contributed by atoms with Gasteiger partial charge in [-0.3, -0.25) is 14.8 Å². The molecule has 2 aromatic heterocycles. The summed E-state index contributed by atoms with van der Waals surface area (Å²) in [5, 5.41) is 4.47. The predicted octanol–water partition coefficient (Wildman–Crippen LogP) is 1.74. The van der Waals surface area contributed by atoms with Crippen molar-refractivity contribution in [2.45, 2.75) is 6.92 Å². The largest absolute Gasteiger partial charge is 0.366 e. The summed E-state index contributed by atoms with van der Waals surface area (Å²) in [4.78, 5) is 19.5. The van der Waals surface area contributed by atoms with Crippen molar-refractivity contribution in [2.24, 2.45) is 5.73 Å². The van der Waals surface area contributed by atoms with Gasteiger partial charge >= 0.3 is 0 Å². The molecule has 0 atom stereocenters. The van der Waals surface area contributed by atoms with Crippen LogP contribution in [0, 0.1) is 6.92 Å². The summed E-state index contributed by atoms with van der Waals surface area (Å²) in [7, 11) is 0. The Kier molecular flexibility index (Phi) is 3.19. The number of primary amides is 1. The lowest BCUT2D eigenvalue weighted by molar-refractivity contribution is 0.100. The summed E-state index contributed by atoms with van der Waals surface area (Å²) in [6.45, 7) is 1.95. The molecule has 2 N–H and O–H groups in total. The third-order valence-electron chi connectivity index (χ3n) is 3.16. The predicted molar refractivity (Wildman–Crippen MR) is 77.8 cm³/mol. The highest BCUT2D eigenvalue weighted by atomic mass is 16.1. The number of rotatable bonds is 3. The minimum absolute atomic E-state index is 0.451. The number of nitrogens with two attached hydrogens (primary N) is 1. The molecule has 0 bridgehead atoms. The van der Waals surface area contributed by atoms with E-state index in [1.165, 1.54) is 0 Å². The van der Waals surface area contributed by atoms with E-state index in [2.05, 4.69) is 15.1 Å². The molecule has 0 aliphatic rings. The molecule has 0 spiro atoms. The van der Waals surface area contributed by atoms with Gasteiger partial charge in [0.05, 0.1) is 11.9 Å². The van der Waals surface area contributed by atoms with Gasteiger partial charge in [0.2, 0.25) is 5.91 Å². The lowest BCUT2D eigenvalue weighted by atomic mass is 10.1. The van der Waals surface area contributed by atoms with E-state index in [1.807, 2.05) is 25.3 Å². The van der Waals surface area contributed by atoms with Crippen molar-refractivity contribution in [3.05, 3.63) is 60.2 Å². The molecule has 1 aromatic carbocycles. The van der Waals surface area contributed by atoms with E-state index in [9.17, 15) is 4.79 Å². The van der Waals surface area contributed by atoms with Crippen LogP contribution in [0.1, 0.15) is 15.9 Å². The Morgan fingerprint density at radius 3 is 2.76 bits per heavy atom.